The van der Waals surface area contributed by atoms with Crippen molar-refractivity contribution >= 4 is 5.91 Å². The highest BCUT2D eigenvalue weighted by Gasteiger charge is 2.32. The average Bonchev–Trinajstić information content (AvgIpc) is 2.48. The fourth-order valence-corrected chi connectivity index (χ4v) is 3.19. The first-order chi connectivity index (χ1) is 9.65. The molecule has 1 aromatic rings. The van der Waals surface area contributed by atoms with Crippen molar-refractivity contribution in [3.8, 4) is 5.75 Å². The van der Waals surface area contributed by atoms with E-state index in [-0.39, 0.29) is 17.2 Å². The van der Waals surface area contributed by atoms with Crippen LogP contribution in [0.4, 0.5) is 4.39 Å². The van der Waals surface area contributed by atoms with Crippen molar-refractivity contribution in [2.24, 2.45) is 0 Å². The Morgan fingerprint density at radius 2 is 2.10 bits per heavy atom. The Labute approximate surface area is 117 Å². The third kappa shape index (κ3) is 2.50. The summed E-state index contributed by atoms with van der Waals surface area (Å²) in [5.74, 6) is -0.919. The van der Waals surface area contributed by atoms with E-state index in [1.54, 1.807) is 4.90 Å². The first-order valence-electron chi connectivity index (χ1n) is 7.17. The number of aromatic hydroxyl groups is 1. The summed E-state index contributed by atoms with van der Waals surface area (Å²) in [5.41, 5.74) is 0.0641. The molecule has 1 atom stereocenters. The fourth-order valence-electron chi connectivity index (χ4n) is 3.19. The van der Waals surface area contributed by atoms with Crippen molar-refractivity contribution in [3.05, 3.63) is 29.6 Å². The minimum Gasteiger partial charge on any atom is -0.507 e. The summed E-state index contributed by atoms with van der Waals surface area (Å²) in [4.78, 5) is 16.6. The van der Waals surface area contributed by atoms with Gasteiger partial charge >= 0.3 is 0 Å². The maximum atomic E-state index is 13.3. The van der Waals surface area contributed by atoms with Crippen LogP contribution in [0.5, 0.6) is 5.75 Å². The van der Waals surface area contributed by atoms with Crippen LogP contribution in [-0.4, -0.2) is 53.0 Å². The van der Waals surface area contributed by atoms with Crippen molar-refractivity contribution in [3.63, 3.8) is 0 Å². The van der Waals surface area contributed by atoms with E-state index in [2.05, 4.69) is 4.90 Å². The molecule has 0 saturated carbocycles. The number of carbonyl (C=O) groups is 1. The summed E-state index contributed by atoms with van der Waals surface area (Å²) < 4.78 is 13.3. The average molecular weight is 278 g/mol. The van der Waals surface area contributed by atoms with E-state index in [4.69, 9.17) is 0 Å². The van der Waals surface area contributed by atoms with Gasteiger partial charge < -0.3 is 10.0 Å². The lowest BCUT2D eigenvalue weighted by molar-refractivity contribution is 0.0370. The van der Waals surface area contributed by atoms with E-state index in [1.807, 2.05) is 0 Å². The van der Waals surface area contributed by atoms with Crippen LogP contribution in [0.1, 0.15) is 29.6 Å². The van der Waals surface area contributed by atoms with Gasteiger partial charge in [-0.05, 0) is 37.6 Å². The molecular formula is C15H19FN2O2. The monoisotopic (exact) mass is 278 g/mol. The Balaban J connectivity index is 1.76. The van der Waals surface area contributed by atoms with Crippen molar-refractivity contribution in [2.75, 3.05) is 26.2 Å². The van der Waals surface area contributed by atoms with E-state index in [9.17, 15) is 14.3 Å². The minimum atomic E-state index is -0.498. The Bertz CT molecular complexity index is 521. The van der Waals surface area contributed by atoms with E-state index in [0.717, 1.165) is 31.6 Å². The number of piperidine rings is 1. The van der Waals surface area contributed by atoms with Crippen LogP contribution in [0.15, 0.2) is 18.2 Å². The molecule has 2 heterocycles. The highest BCUT2D eigenvalue weighted by Crippen LogP contribution is 2.24. The molecule has 2 aliphatic heterocycles. The van der Waals surface area contributed by atoms with E-state index < -0.39 is 5.82 Å². The maximum Gasteiger partial charge on any atom is 0.257 e. The van der Waals surface area contributed by atoms with Gasteiger partial charge in [0.25, 0.3) is 5.91 Å². The molecule has 3 rings (SSSR count). The summed E-state index contributed by atoms with van der Waals surface area (Å²) in [5, 5.41) is 9.74. The van der Waals surface area contributed by atoms with E-state index in [1.165, 1.54) is 18.9 Å². The third-order valence-corrected chi connectivity index (χ3v) is 4.31. The molecule has 0 aliphatic carbocycles. The Morgan fingerprint density at radius 3 is 2.95 bits per heavy atom. The summed E-state index contributed by atoms with van der Waals surface area (Å²) in [6, 6.07) is 3.92. The largest absolute Gasteiger partial charge is 0.507 e. The molecule has 0 spiro atoms. The standard InChI is InChI=1S/C15H19FN2O2/c16-11-4-5-14(19)13(9-11)15(20)18-8-7-17-6-2-1-3-12(17)10-18/h4-5,9,12,19H,1-3,6-8,10H2. The molecule has 1 unspecified atom stereocenters. The number of phenols is 1. The zero-order valence-corrected chi connectivity index (χ0v) is 11.4. The van der Waals surface area contributed by atoms with Gasteiger partial charge in [0.05, 0.1) is 5.56 Å². The normalized spacial score (nSPS) is 23.4. The van der Waals surface area contributed by atoms with Crippen LogP contribution in [0.3, 0.4) is 0 Å². The van der Waals surface area contributed by atoms with Gasteiger partial charge in [0, 0.05) is 25.7 Å². The molecule has 1 amide bonds. The molecule has 108 valence electrons. The van der Waals surface area contributed by atoms with Crippen LogP contribution in [0.25, 0.3) is 0 Å². The molecule has 0 bridgehead atoms. The van der Waals surface area contributed by atoms with Gasteiger partial charge in [-0.2, -0.15) is 0 Å². The number of benzene rings is 1. The second kappa shape index (κ2) is 5.40. The topological polar surface area (TPSA) is 43.8 Å². The van der Waals surface area contributed by atoms with Crippen molar-refractivity contribution in [1.29, 1.82) is 0 Å². The molecule has 20 heavy (non-hydrogen) atoms. The fraction of sp³-hybridized carbons (Fsp3) is 0.533. The first kappa shape index (κ1) is 13.4. The Kier molecular flexibility index (Phi) is 3.61. The molecule has 4 nitrogen and oxygen atoms in total. The highest BCUT2D eigenvalue weighted by atomic mass is 19.1. The highest BCUT2D eigenvalue weighted by molar-refractivity contribution is 5.96. The number of amides is 1. The van der Waals surface area contributed by atoms with Crippen LogP contribution < -0.4 is 0 Å². The van der Waals surface area contributed by atoms with Crippen LogP contribution in [0, 0.1) is 5.82 Å². The lowest BCUT2D eigenvalue weighted by Crippen LogP contribution is -2.56. The summed E-state index contributed by atoms with van der Waals surface area (Å²) in [6.45, 7) is 3.30. The van der Waals surface area contributed by atoms with Crippen LogP contribution in [-0.2, 0) is 0 Å². The predicted octanol–water partition coefficient (Wildman–Crippen LogP) is 1.84. The predicted molar refractivity (Wildman–Crippen MR) is 73.2 cm³/mol. The summed E-state index contributed by atoms with van der Waals surface area (Å²) in [7, 11) is 0. The number of fused-ring (bicyclic) bond motifs is 1. The molecule has 2 aliphatic rings. The third-order valence-electron chi connectivity index (χ3n) is 4.31. The molecule has 0 radical (unpaired) electrons. The zero-order chi connectivity index (χ0) is 14.1. The Morgan fingerprint density at radius 1 is 1.25 bits per heavy atom. The SMILES string of the molecule is O=C(c1cc(F)ccc1O)N1CCN2CCCCC2C1. The second-order valence-electron chi connectivity index (χ2n) is 5.60. The Hall–Kier alpha value is -1.62. The van der Waals surface area contributed by atoms with E-state index >= 15 is 0 Å². The number of halogens is 1. The number of rotatable bonds is 1. The molecule has 5 heteroatoms. The lowest BCUT2D eigenvalue weighted by atomic mass is 9.99. The van der Waals surface area contributed by atoms with Crippen molar-refractivity contribution in [2.45, 2.75) is 25.3 Å². The summed E-state index contributed by atoms with van der Waals surface area (Å²) >= 11 is 0. The van der Waals surface area contributed by atoms with Gasteiger partial charge in [0.15, 0.2) is 0 Å². The van der Waals surface area contributed by atoms with Crippen molar-refractivity contribution in [1.82, 2.24) is 9.80 Å². The number of piperazine rings is 1. The number of phenolic OH excluding ortho intramolecular Hbond substituents is 1. The molecule has 2 fully saturated rings. The van der Waals surface area contributed by atoms with Gasteiger partial charge in [-0.1, -0.05) is 6.42 Å². The van der Waals surface area contributed by atoms with Gasteiger partial charge in [0.1, 0.15) is 11.6 Å². The van der Waals surface area contributed by atoms with Crippen LogP contribution >= 0.6 is 0 Å². The quantitative estimate of drug-likeness (QED) is 0.852. The molecule has 1 N–H and O–H groups in total. The number of carbonyl (C=O) groups excluding carboxylic acids is 1. The summed E-state index contributed by atoms with van der Waals surface area (Å²) in [6.07, 6.45) is 3.54. The molecule has 2 saturated heterocycles. The lowest BCUT2D eigenvalue weighted by Gasteiger charge is -2.44. The second-order valence-corrected chi connectivity index (χ2v) is 5.60. The van der Waals surface area contributed by atoms with Gasteiger partial charge in [0.2, 0.25) is 0 Å². The maximum absolute atomic E-state index is 13.3. The number of hydrogen-bond donors (Lipinski definition) is 1. The number of nitrogens with zero attached hydrogens (tertiary/aromatic N) is 2. The molecule has 1 aromatic carbocycles. The first-order valence-corrected chi connectivity index (χ1v) is 7.17. The van der Waals surface area contributed by atoms with Gasteiger partial charge in [-0.25, -0.2) is 4.39 Å². The molecular weight excluding hydrogens is 259 g/mol. The molecule has 0 aromatic heterocycles. The zero-order valence-electron chi connectivity index (χ0n) is 11.4. The van der Waals surface area contributed by atoms with Crippen LogP contribution in [0.2, 0.25) is 0 Å². The smallest absolute Gasteiger partial charge is 0.257 e. The van der Waals surface area contributed by atoms with Gasteiger partial charge in [-0.15, -0.1) is 0 Å². The van der Waals surface area contributed by atoms with Gasteiger partial charge in [-0.3, -0.25) is 9.69 Å². The minimum absolute atomic E-state index is 0.0641. The number of hydrogen-bond acceptors (Lipinski definition) is 3. The van der Waals surface area contributed by atoms with E-state index in [0.29, 0.717) is 19.1 Å². The van der Waals surface area contributed by atoms with Crippen molar-refractivity contribution < 1.29 is 14.3 Å².